The van der Waals surface area contributed by atoms with Gasteiger partial charge in [0.05, 0.1) is 47.7 Å². The highest BCUT2D eigenvalue weighted by molar-refractivity contribution is 6.34. The van der Waals surface area contributed by atoms with Crippen molar-refractivity contribution in [1.29, 1.82) is 0 Å². The van der Waals surface area contributed by atoms with Gasteiger partial charge in [-0.25, -0.2) is 4.68 Å². The molecule has 0 bridgehead atoms. The lowest BCUT2D eigenvalue weighted by Gasteiger charge is -2.27. The van der Waals surface area contributed by atoms with Gasteiger partial charge in [0.1, 0.15) is 11.4 Å². The molecule has 4 rings (SSSR count). The average Bonchev–Trinajstić information content (AvgIpc) is 3.14. The minimum atomic E-state index is -4.64. The SMILES string of the molecule is COc1ccnc(Cn2nnc3c2CCN(C(=O)c2cccc(C(F)(F)F)c2Cl)C3)c1. The third-order valence-electron chi connectivity index (χ3n) is 5.03. The molecule has 3 heterocycles. The highest BCUT2D eigenvalue weighted by atomic mass is 35.5. The van der Waals surface area contributed by atoms with E-state index in [1.165, 1.54) is 17.0 Å². The van der Waals surface area contributed by atoms with Gasteiger partial charge < -0.3 is 9.64 Å². The van der Waals surface area contributed by atoms with Crippen LogP contribution in [0.5, 0.6) is 5.75 Å². The maximum Gasteiger partial charge on any atom is 0.417 e. The quantitative estimate of drug-likeness (QED) is 0.606. The molecule has 1 aliphatic heterocycles. The van der Waals surface area contributed by atoms with Gasteiger partial charge in [-0.1, -0.05) is 22.9 Å². The van der Waals surface area contributed by atoms with Gasteiger partial charge >= 0.3 is 6.18 Å². The molecule has 0 radical (unpaired) electrons. The van der Waals surface area contributed by atoms with E-state index in [9.17, 15) is 18.0 Å². The van der Waals surface area contributed by atoms with Gasteiger partial charge in [-0.05, 0) is 18.2 Å². The maximum atomic E-state index is 13.1. The third-order valence-corrected chi connectivity index (χ3v) is 5.44. The highest BCUT2D eigenvalue weighted by Crippen LogP contribution is 2.36. The molecule has 0 spiro atoms. The van der Waals surface area contributed by atoms with Crippen LogP contribution in [-0.2, 0) is 25.7 Å². The molecule has 0 N–H and O–H groups in total. The molecule has 0 saturated carbocycles. The van der Waals surface area contributed by atoms with Crippen LogP contribution in [0, 0.1) is 0 Å². The molecule has 31 heavy (non-hydrogen) atoms. The molecule has 7 nitrogen and oxygen atoms in total. The normalized spacial score (nSPS) is 13.8. The first-order valence-electron chi connectivity index (χ1n) is 9.33. The summed E-state index contributed by atoms with van der Waals surface area (Å²) >= 11 is 5.91. The van der Waals surface area contributed by atoms with Crippen molar-refractivity contribution in [1.82, 2.24) is 24.9 Å². The Kier molecular flexibility index (Phi) is 5.57. The molecule has 2 aromatic heterocycles. The number of halogens is 4. The Morgan fingerprint density at radius 2 is 2.10 bits per heavy atom. The Bertz CT molecular complexity index is 1130. The van der Waals surface area contributed by atoms with Crippen LogP contribution in [0.4, 0.5) is 13.2 Å². The zero-order chi connectivity index (χ0) is 22.2. The maximum absolute atomic E-state index is 13.1. The van der Waals surface area contributed by atoms with Crippen LogP contribution in [0.15, 0.2) is 36.5 Å². The van der Waals surface area contributed by atoms with Crippen molar-refractivity contribution in [3.8, 4) is 5.75 Å². The summed E-state index contributed by atoms with van der Waals surface area (Å²) in [6.45, 7) is 0.816. The Morgan fingerprint density at radius 1 is 1.29 bits per heavy atom. The predicted molar refractivity (Wildman–Crippen MR) is 105 cm³/mol. The monoisotopic (exact) mass is 451 g/mol. The number of alkyl halides is 3. The Hall–Kier alpha value is -3.14. The van der Waals surface area contributed by atoms with Crippen LogP contribution < -0.4 is 4.74 Å². The molecule has 0 aliphatic carbocycles. The van der Waals surface area contributed by atoms with E-state index in [1.807, 2.05) is 0 Å². The van der Waals surface area contributed by atoms with Crippen molar-refractivity contribution in [3.05, 3.63) is 69.8 Å². The standard InChI is InChI=1S/C20H17ClF3N5O2/c1-31-13-5-7-25-12(9-13)10-29-17-6-8-28(11-16(17)26-27-29)19(30)14-3-2-4-15(18(14)21)20(22,23)24/h2-5,7,9H,6,8,10-11H2,1H3. The van der Waals surface area contributed by atoms with Crippen LogP contribution in [0.2, 0.25) is 5.02 Å². The number of pyridine rings is 1. The predicted octanol–water partition coefficient (Wildman–Crippen LogP) is 3.60. The molecule has 0 fully saturated rings. The van der Waals surface area contributed by atoms with E-state index in [0.29, 0.717) is 31.0 Å². The number of aromatic nitrogens is 4. The molecule has 3 aromatic rings. The topological polar surface area (TPSA) is 73.1 Å². The Balaban J connectivity index is 1.53. The van der Waals surface area contributed by atoms with E-state index in [-0.39, 0.29) is 12.1 Å². The van der Waals surface area contributed by atoms with Gasteiger partial charge in [-0.2, -0.15) is 13.2 Å². The first-order valence-corrected chi connectivity index (χ1v) is 9.71. The molecule has 1 amide bonds. The van der Waals surface area contributed by atoms with Crippen LogP contribution in [0.25, 0.3) is 0 Å². The molecule has 162 valence electrons. The van der Waals surface area contributed by atoms with Gasteiger partial charge in [-0.15, -0.1) is 5.10 Å². The van der Waals surface area contributed by atoms with Crippen molar-refractivity contribution in [3.63, 3.8) is 0 Å². The second kappa shape index (κ2) is 8.18. The number of carbonyl (C=O) groups excluding carboxylic acids is 1. The Labute approximate surface area is 180 Å². The smallest absolute Gasteiger partial charge is 0.417 e. The molecule has 0 unspecified atom stereocenters. The minimum Gasteiger partial charge on any atom is -0.497 e. The summed E-state index contributed by atoms with van der Waals surface area (Å²) in [5, 5.41) is 7.70. The summed E-state index contributed by atoms with van der Waals surface area (Å²) in [5.74, 6) is 0.0967. The van der Waals surface area contributed by atoms with Gasteiger partial charge in [0.25, 0.3) is 5.91 Å². The fraction of sp³-hybridized carbons (Fsp3) is 0.300. The minimum absolute atomic E-state index is 0.131. The summed E-state index contributed by atoms with van der Waals surface area (Å²) in [7, 11) is 1.57. The lowest BCUT2D eigenvalue weighted by atomic mass is 10.1. The fourth-order valence-electron chi connectivity index (χ4n) is 3.48. The zero-order valence-electron chi connectivity index (χ0n) is 16.4. The summed E-state index contributed by atoms with van der Waals surface area (Å²) < 4.78 is 46.3. The van der Waals surface area contributed by atoms with Crippen LogP contribution >= 0.6 is 11.6 Å². The number of hydrogen-bond acceptors (Lipinski definition) is 5. The van der Waals surface area contributed by atoms with Gasteiger partial charge in [0.2, 0.25) is 0 Å². The highest BCUT2D eigenvalue weighted by Gasteiger charge is 2.36. The summed E-state index contributed by atoms with van der Waals surface area (Å²) in [5.41, 5.74) is 0.957. The number of carbonyl (C=O) groups is 1. The lowest BCUT2D eigenvalue weighted by molar-refractivity contribution is -0.137. The fourth-order valence-corrected chi connectivity index (χ4v) is 3.79. The molecule has 11 heteroatoms. The molecular weight excluding hydrogens is 435 g/mol. The lowest BCUT2D eigenvalue weighted by Crippen LogP contribution is -2.37. The number of fused-ring (bicyclic) bond motifs is 1. The van der Waals surface area contributed by atoms with Crippen LogP contribution in [0.1, 0.15) is 33.0 Å². The van der Waals surface area contributed by atoms with Crippen molar-refractivity contribution in [2.75, 3.05) is 13.7 Å². The van der Waals surface area contributed by atoms with Gasteiger partial charge in [0.15, 0.2) is 0 Å². The zero-order valence-corrected chi connectivity index (χ0v) is 17.1. The van der Waals surface area contributed by atoms with E-state index in [2.05, 4.69) is 15.3 Å². The summed E-state index contributed by atoms with van der Waals surface area (Å²) in [4.78, 5) is 18.6. The first-order chi connectivity index (χ1) is 14.8. The van der Waals surface area contributed by atoms with E-state index < -0.39 is 22.7 Å². The van der Waals surface area contributed by atoms with E-state index in [4.69, 9.17) is 16.3 Å². The number of hydrogen-bond donors (Lipinski definition) is 0. The molecular formula is C20H17ClF3N5O2. The second-order valence-corrected chi connectivity index (χ2v) is 7.35. The van der Waals surface area contributed by atoms with Gasteiger partial charge in [-0.3, -0.25) is 9.78 Å². The number of rotatable bonds is 4. The Morgan fingerprint density at radius 3 is 2.84 bits per heavy atom. The van der Waals surface area contributed by atoms with Crippen molar-refractivity contribution in [2.24, 2.45) is 0 Å². The number of amides is 1. The average molecular weight is 452 g/mol. The van der Waals surface area contributed by atoms with Crippen LogP contribution in [0.3, 0.4) is 0 Å². The van der Waals surface area contributed by atoms with Crippen molar-refractivity contribution < 1.29 is 22.7 Å². The molecule has 0 atom stereocenters. The van der Waals surface area contributed by atoms with E-state index in [0.717, 1.165) is 17.5 Å². The van der Waals surface area contributed by atoms with Gasteiger partial charge in [0, 0.05) is 25.2 Å². The molecule has 1 aromatic carbocycles. The van der Waals surface area contributed by atoms with Crippen molar-refractivity contribution in [2.45, 2.75) is 25.7 Å². The first kappa shape index (κ1) is 21.1. The summed E-state index contributed by atoms with van der Waals surface area (Å²) in [6, 6.07) is 6.85. The number of nitrogens with zero attached hydrogens (tertiary/aromatic N) is 5. The number of benzene rings is 1. The van der Waals surface area contributed by atoms with E-state index >= 15 is 0 Å². The van der Waals surface area contributed by atoms with E-state index in [1.54, 1.807) is 30.1 Å². The summed E-state index contributed by atoms with van der Waals surface area (Å²) in [6.07, 6.45) is -2.55. The number of ether oxygens (including phenoxy) is 1. The van der Waals surface area contributed by atoms with Crippen molar-refractivity contribution >= 4 is 17.5 Å². The third kappa shape index (κ3) is 4.20. The molecule has 1 aliphatic rings. The number of methoxy groups -OCH3 is 1. The largest absolute Gasteiger partial charge is 0.497 e. The van der Waals surface area contributed by atoms with Crippen LogP contribution in [-0.4, -0.2) is 44.4 Å². The molecule has 0 saturated heterocycles. The second-order valence-electron chi connectivity index (χ2n) is 6.97.